The van der Waals surface area contributed by atoms with E-state index in [-0.39, 0.29) is 5.75 Å². The van der Waals surface area contributed by atoms with Crippen molar-refractivity contribution in [3.8, 4) is 17.1 Å². The lowest BCUT2D eigenvalue weighted by Gasteiger charge is -2.26. The summed E-state index contributed by atoms with van der Waals surface area (Å²) in [6, 6.07) is 15.7. The van der Waals surface area contributed by atoms with Crippen molar-refractivity contribution >= 4 is 23.1 Å². The zero-order valence-electron chi connectivity index (χ0n) is 17.8. The molecule has 2 aromatic carbocycles. The number of phenols is 1. The molecule has 3 heterocycles. The third kappa shape index (κ3) is 3.99. The number of likely N-dealkylation sites (tertiary alicyclic amines) is 1. The molecule has 1 N–H and O–H groups in total. The van der Waals surface area contributed by atoms with E-state index in [0.29, 0.717) is 23.9 Å². The van der Waals surface area contributed by atoms with Gasteiger partial charge in [-0.2, -0.15) is 0 Å². The van der Waals surface area contributed by atoms with Gasteiger partial charge in [0.15, 0.2) is 11.6 Å². The van der Waals surface area contributed by atoms with Crippen LogP contribution in [0.3, 0.4) is 0 Å². The molecule has 6 nitrogen and oxygen atoms in total. The normalized spacial score (nSPS) is 15.3. The van der Waals surface area contributed by atoms with Crippen molar-refractivity contribution in [1.82, 2.24) is 24.2 Å². The van der Waals surface area contributed by atoms with Crippen LogP contribution >= 0.6 is 0 Å². The van der Waals surface area contributed by atoms with E-state index in [0.717, 1.165) is 18.7 Å². The van der Waals surface area contributed by atoms with E-state index in [2.05, 4.69) is 53.1 Å². The first-order valence-corrected chi connectivity index (χ1v) is 10.9. The number of para-hydroxylation sites is 2. The first-order valence-electron chi connectivity index (χ1n) is 10.9. The number of phenolic OH excluding ortho intramolecular Hbond substituents is 1. The second-order valence-corrected chi connectivity index (χ2v) is 8.18. The first kappa shape index (κ1) is 19.6. The molecule has 1 fully saturated rings. The molecule has 0 atom stereocenters. The summed E-state index contributed by atoms with van der Waals surface area (Å²) in [6.07, 6.45) is 9.87. The number of aromatic nitrogens is 4. The number of aryl methyl sites for hydroxylation is 1. The maximum absolute atomic E-state index is 10.4. The van der Waals surface area contributed by atoms with Crippen molar-refractivity contribution in [2.75, 3.05) is 13.1 Å². The minimum absolute atomic E-state index is 0.222. The highest BCUT2D eigenvalue weighted by Gasteiger charge is 2.18. The Bertz CT molecular complexity index is 1230. The van der Waals surface area contributed by atoms with Gasteiger partial charge in [-0.05, 0) is 56.3 Å². The largest absolute Gasteiger partial charge is 0.507 e. The molecule has 5 rings (SSSR count). The predicted octanol–water partition coefficient (Wildman–Crippen LogP) is 4.76. The van der Waals surface area contributed by atoms with Crippen LogP contribution in [0.4, 0.5) is 0 Å². The number of rotatable bonds is 5. The third-order valence-corrected chi connectivity index (χ3v) is 5.96. The molecule has 2 aromatic heterocycles. The molecule has 0 saturated carbocycles. The highest BCUT2D eigenvalue weighted by Crippen LogP contribution is 2.28. The molecule has 1 saturated heterocycles. The first-order chi connectivity index (χ1) is 15.2. The number of hydrogen-bond acceptors (Lipinski definition) is 4. The average Bonchev–Trinajstić information content (AvgIpc) is 3.34. The summed E-state index contributed by atoms with van der Waals surface area (Å²) in [6.45, 7) is 2.82. The fourth-order valence-electron chi connectivity index (χ4n) is 4.35. The van der Waals surface area contributed by atoms with Gasteiger partial charge in [-0.25, -0.2) is 9.67 Å². The molecule has 4 aromatic rings. The van der Waals surface area contributed by atoms with E-state index in [1.54, 1.807) is 6.07 Å². The molecule has 1 aliphatic rings. The topological polar surface area (TPSA) is 59.1 Å². The zero-order chi connectivity index (χ0) is 21.2. The van der Waals surface area contributed by atoms with Gasteiger partial charge in [0.2, 0.25) is 0 Å². The van der Waals surface area contributed by atoms with E-state index < -0.39 is 0 Å². The molecule has 0 unspecified atom stereocenters. The number of fused-ring (bicyclic) bond motifs is 1. The molecule has 0 radical (unpaired) electrons. The van der Waals surface area contributed by atoms with Crippen LogP contribution in [-0.2, 0) is 13.7 Å². The van der Waals surface area contributed by atoms with Crippen LogP contribution in [0.25, 0.3) is 34.4 Å². The van der Waals surface area contributed by atoms with Gasteiger partial charge in [-0.1, -0.05) is 36.8 Å². The molecule has 0 spiro atoms. The number of hydrogen-bond donors (Lipinski definition) is 1. The van der Waals surface area contributed by atoms with E-state index in [4.69, 9.17) is 10.1 Å². The number of piperidine rings is 1. The van der Waals surface area contributed by atoms with Gasteiger partial charge in [0.1, 0.15) is 5.75 Å². The summed E-state index contributed by atoms with van der Waals surface area (Å²) in [5.74, 6) is 1.56. The Morgan fingerprint density at radius 1 is 0.968 bits per heavy atom. The van der Waals surface area contributed by atoms with Crippen molar-refractivity contribution in [1.29, 1.82) is 0 Å². The molecular weight excluding hydrogens is 386 g/mol. The van der Waals surface area contributed by atoms with Crippen LogP contribution in [0.2, 0.25) is 0 Å². The van der Waals surface area contributed by atoms with Gasteiger partial charge in [-0.15, -0.1) is 5.10 Å². The molecule has 31 heavy (non-hydrogen) atoms. The lowest BCUT2D eigenvalue weighted by atomic mass is 10.1. The van der Waals surface area contributed by atoms with E-state index in [1.165, 1.54) is 30.2 Å². The van der Waals surface area contributed by atoms with Gasteiger partial charge in [0.05, 0.1) is 12.2 Å². The summed E-state index contributed by atoms with van der Waals surface area (Å²) < 4.78 is 4.05. The third-order valence-electron chi connectivity index (χ3n) is 5.96. The molecule has 0 aliphatic carbocycles. The van der Waals surface area contributed by atoms with Gasteiger partial charge >= 0.3 is 0 Å². The predicted molar refractivity (Wildman–Crippen MR) is 124 cm³/mol. The van der Waals surface area contributed by atoms with Crippen molar-refractivity contribution in [2.45, 2.75) is 25.9 Å². The summed E-state index contributed by atoms with van der Waals surface area (Å²) in [4.78, 5) is 7.18. The quantitative estimate of drug-likeness (QED) is 0.513. The van der Waals surface area contributed by atoms with E-state index in [9.17, 15) is 5.11 Å². The summed E-state index contributed by atoms with van der Waals surface area (Å²) in [7, 11) is 2.06. The number of nitrogens with zero attached hydrogens (tertiary/aromatic N) is 5. The standard InChI is InChI=1S/C25H27N5O/c1-28-17-19(20-9-3-5-11-22(20)28)13-14-24-26-25(21-10-4-6-12-23(21)31)30(27-24)18-29-15-7-2-8-16-29/h3-6,9-14,17,31H,2,7-8,15-16,18H2,1H3/b14-13+. The smallest absolute Gasteiger partial charge is 0.174 e. The van der Waals surface area contributed by atoms with Crippen molar-refractivity contribution < 1.29 is 5.11 Å². The van der Waals surface area contributed by atoms with E-state index >= 15 is 0 Å². The SMILES string of the molecule is Cn1cc(/C=C/c2nc(-c3ccccc3O)n(CN3CCCCC3)n2)c2ccccc21. The highest BCUT2D eigenvalue weighted by atomic mass is 16.3. The fourth-order valence-corrected chi connectivity index (χ4v) is 4.35. The Labute approximate surface area is 182 Å². The molecule has 6 heteroatoms. The van der Waals surface area contributed by atoms with Crippen LogP contribution < -0.4 is 0 Å². The van der Waals surface area contributed by atoms with Crippen LogP contribution in [-0.4, -0.2) is 42.4 Å². The zero-order valence-corrected chi connectivity index (χ0v) is 17.8. The summed E-state index contributed by atoms with van der Waals surface area (Å²) in [5.41, 5.74) is 3.03. The van der Waals surface area contributed by atoms with Gasteiger partial charge in [-0.3, -0.25) is 4.90 Å². The monoisotopic (exact) mass is 413 g/mol. The summed E-state index contributed by atoms with van der Waals surface area (Å²) >= 11 is 0. The molecule has 158 valence electrons. The number of benzene rings is 2. The minimum atomic E-state index is 0.222. The lowest BCUT2D eigenvalue weighted by molar-refractivity contribution is 0.174. The Morgan fingerprint density at radius 2 is 1.74 bits per heavy atom. The fraction of sp³-hybridized carbons (Fsp3) is 0.280. The lowest BCUT2D eigenvalue weighted by Crippen LogP contribution is -2.32. The van der Waals surface area contributed by atoms with E-state index in [1.807, 2.05) is 29.0 Å². The van der Waals surface area contributed by atoms with Gasteiger partial charge < -0.3 is 9.67 Å². The highest BCUT2D eigenvalue weighted by molar-refractivity contribution is 5.91. The second kappa shape index (κ2) is 8.40. The van der Waals surface area contributed by atoms with Crippen LogP contribution in [0.1, 0.15) is 30.7 Å². The number of aromatic hydroxyl groups is 1. The maximum atomic E-state index is 10.4. The van der Waals surface area contributed by atoms with Gasteiger partial charge in [0.25, 0.3) is 0 Å². The summed E-state index contributed by atoms with van der Waals surface area (Å²) in [5, 5.41) is 16.4. The average molecular weight is 414 g/mol. The van der Waals surface area contributed by atoms with Crippen LogP contribution in [0, 0.1) is 0 Å². The second-order valence-electron chi connectivity index (χ2n) is 8.18. The Kier molecular flexibility index (Phi) is 5.30. The molecule has 1 aliphatic heterocycles. The Balaban J connectivity index is 1.50. The van der Waals surface area contributed by atoms with Crippen LogP contribution in [0.5, 0.6) is 5.75 Å². The van der Waals surface area contributed by atoms with Crippen LogP contribution in [0.15, 0.2) is 54.7 Å². The van der Waals surface area contributed by atoms with Gasteiger partial charge in [0, 0.05) is 29.7 Å². The molecular formula is C25H27N5O. The Morgan fingerprint density at radius 3 is 2.58 bits per heavy atom. The van der Waals surface area contributed by atoms with Crippen molar-refractivity contribution in [3.05, 3.63) is 66.1 Å². The Hall–Kier alpha value is -3.38. The minimum Gasteiger partial charge on any atom is -0.507 e. The molecule has 0 bridgehead atoms. The molecule has 0 amide bonds. The maximum Gasteiger partial charge on any atom is 0.174 e. The van der Waals surface area contributed by atoms with Crippen molar-refractivity contribution in [3.63, 3.8) is 0 Å². The van der Waals surface area contributed by atoms with Crippen molar-refractivity contribution in [2.24, 2.45) is 7.05 Å².